The van der Waals surface area contributed by atoms with Crippen LogP contribution in [-0.4, -0.2) is 4.92 Å². The summed E-state index contributed by atoms with van der Waals surface area (Å²) in [6.07, 6.45) is 2.30. The number of hydrogen-bond donors (Lipinski definition) is 0. The molecule has 0 aliphatic heterocycles. The second-order valence-electron chi connectivity index (χ2n) is 4.06. The van der Waals surface area contributed by atoms with Crippen LogP contribution < -0.4 is 4.74 Å². The molecule has 2 aromatic rings. The Kier molecular flexibility index (Phi) is 4.74. The van der Waals surface area contributed by atoms with Crippen LogP contribution in [0.5, 0.6) is 5.75 Å². The van der Waals surface area contributed by atoms with Gasteiger partial charge in [0.15, 0.2) is 0 Å². The fourth-order valence-electron chi connectivity index (χ4n) is 1.68. The standard InChI is InChI=1S/C15H12ClNO3/c16-14-6-3-4-12(10-14)11-20-15-7-2-1-5-13(15)8-9-17(18)19/h1-10H,11H2. The number of benzene rings is 2. The Morgan fingerprint density at radius 1 is 1.20 bits per heavy atom. The third-order valence-electron chi connectivity index (χ3n) is 2.58. The highest BCUT2D eigenvalue weighted by atomic mass is 35.5. The summed E-state index contributed by atoms with van der Waals surface area (Å²) in [5.41, 5.74) is 1.59. The second kappa shape index (κ2) is 6.73. The molecule has 0 bridgehead atoms. The lowest BCUT2D eigenvalue weighted by Crippen LogP contribution is -1.97. The van der Waals surface area contributed by atoms with Gasteiger partial charge in [0.25, 0.3) is 0 Å². The molecule has 0 aliphatic rings. The molecular weight excluding hydrogens is 278 g/mol. The fourth-order valence-corrected chi connectivity index (χ4v) is 1.89. The number of halogens is 1. The zero-order valence-electron chi connectivity index (χ0n) is 10.5. The molecule has 0 unspecified atom stereocenters. The van der Waals surface area contributed by atoms with Gasteiger partial charge in [-0.25, -0.2) is 0 Å². The van der Waals surface area contributed by atoms with Crippen LogP contribution in [0.1, 0.15) is 11.1 Å². The van der Waals surface area contributed by atoms with Crippen LogP contribution in [0.4, 0.5) is 0 Å². The Hall–Kier alpha value is -2.33. The maximum atomic E-state index is 10.4. The Morgan fingerprint density at radius 2 is 2.00 bits per heavy atom. The molecule has 0 saturated heterocycles. The predicted octanol–water partition coefficient (Wildman–Crippen LogP) is 4.17. The smallest absolute Gasteiger partial charge is 0.235 e. The summed E-state index contributed by atoms with van der Waals surface area (Å²) in [6.45, 7) is 0.351. The first-order chi connectivity index (χ1) is 9.65. The molecule has 0 aromatic heterocycles. The Bertz CT molecular complexity index is 641. The maximum Gasteiger partial charge on any atom is 0.235 e. The maximum absolute atomic E-state index is 10.4. The van der Waals surface area contributed by atoms with Crippen molar-refractivity contribution in [2.24, 2.45) is 0 Å². The van der Waals surface area contributed by atoms with Gasteiger partial charge < -0.3 is 4.74 Å². The van der Waals surface area contributed by atoms with Crippen molar-refractivity contribution in [2.45, 2.75) is 6.61 Å². The first-order valence-electron chi connectivity index (χ1n) is 5.93. The quantitative estimate of drug-likeness (QED) is 0.613. The van der Waals surface area contributed by atoms with E-state index in [0.717, 1.165) is 11.8 Å². The molecule has 102 valence electrons. The zero-order valence-corrected chi connectivity index (χ0v) is 11.3. The van der Waals surface area contributed by atoms with Crippen LogP contribution in [0, 0.1) is 10.1 Å². The Morgan fingerprint density at radius 3 is 2.75 bits per heavy atom. The summed E-state index contributed by atoms with van der Waals surface area (Å²) >= 11 is 5.90. The van der Waals surface area contributed by atoms with E-state index >= 15 is 0 Å². The van der Waals surface area contributed by atoms with E-state index in [1.807, 2.05) is 24.3 Å². The average Bonchev–Trinajstić information content (AvgIpc) is 2.44. The number of nitro groups is 1. The highest BCUT2D eigenvalue weighted by Gasteiger charge is 2.02. The van der Waals surface area contributed by atoms with E-state index in [9.17, 15) is 10.1 Å². The van der Waals surface area contributed by atoms with E-state index in [4.69, 9.17) is 16.3 Å². The van der Waals surface area contributed by atoms with Crippen LogP contribution in [0.2, 0.25) is 5.02 Å². The summed E-state index contributed by atoms with van der Waals surface area (Å²) in [4.78, 5) is 9.86. The molecule has 5 heteroatoms. The molecule has 20 heavy (non-hydrogen) atoms. The van der Waals surface area contributed by atoms with E-state index in [-0.39, 0.29) is 0 Å². The van der Waals surface area contributed by atoms with E-state index in [0.29, 0.717) is 22.9 Å². The van der Waals surface area contributed by atoms with Gasteiger partial charge in [-0.3, -0.25) is 10.1 Å². The molecule has 0 heterocycles. The predicted molar refractivity (Wildman–Crippen MR) is 78.3 cm³/mol. The summed E-state index contributed by atoms with van der Waals surface area (Å²) in [5, 5.41) is 11.0. The van der Waals surface area contributed by atoms with Crippen molar-refractivity contribution in [1.82, 2.24) is 0 Å². The monoisotopic (exact) mass is 289 g/mol. The number of para-hydroxylation sites is 1. The minimum atomic E-state index is -0.506. The van der Waals surface area contributed by atoms with Crippen molar-refractivity contribution in [3.63, 3.8) is 0 Å². The molecule has 0 amide bonds. The van der Waals surface area contributed by atoms with Gasteiger partial charge >= 0.3 is 0 Å². The van der Waals surface area contributed by atoms with Crippen molar-refractivity contribution < 1.29 is 9.66 Å². The lowest BCUT2D eigenvalue weighted by Gasteiger charge is -2.09. The molecule has 0 fully saturated rings. The lowest BCUT2D eigenvalue weighted by atomic mass is 10.2. The molecule has 4 nitrogen and oxygen atoms in total. The number of hydrogen-bond acceptors (Lipinski definition) is 3. The molecule has 0 radical (unpaired) electrons. The van der Waals surface area contributed by atoms with Crippen LogP contribution >= 0.6 is 11.6 Å². The minimum Gasteiger partial charge on any atom is -0.488 e. The zero-order chi connectivity index (χ0) is 14.4. The van der Waals surface area contributed by atoms with Gasteiger partial charge in [0.2, 0.25) is 6.20 Å². The van der Waals surface area contributed by atoms with Gasteiger partial charge in [0.1, 0.15) is 12.4 Å². The van der Waals surface area contributed by atoms with Gasteiger partial charge in [-0.15, -0.1) is 0 Å². The van der Waals surface area contributed by atoms with Crippen LogP contribution in [0.25, 0.3) is 6.08 Å². The van der Waals surface area contributed by atoms with E-state index in [2.05, 4.69) is 0 Å². The summed E-state index contributed by atoms with van der Waals surface area (Å²) in [6, 6.07) is 14.5. The SMILES string of the molecule is O=[N+]([O-])C=Cc1ccccc1OCc1cccc(Cl)c1. The highest BCUT2D eigenvalue weighted by Crippen LogP contribution is 2.21. The lowest BCUT2D eigenvalue weighted by molar-refractivity contribution is -0.400. The van der Waals surface area contributed by atoms with Crippen molar-refractivity contribution in [2.75, 3.05) is 0 Å². The van der Waals surface area contributed by atoms with E-state index < -0.39 is 4.92 Å². The first kappa shape index (κ1) is 14.1. The van der Waals surface area contributed by atoms with E-state index in [1.165, 1.54) is 6.08 Å². The van der Waals surface area contributed by atoms with E-state index in [1.54, 1.807) is 24.3 Å². The summed E-state index contributed by atoms with van der Waals surface area (Å²) < 4.78 is 5.68. The Balaban J connectivity index is 2.11. The molecule has 0 saturated carbocycles. The van der Waals surface area contributed by atoms with Crippen LogP contribution in [-0.2, 0) is 6.61 Å². The first-order valence-corrected chi connectivity index (χ1v) is 6.31. The molecule has 0 atom stereocenters. The van der Waals surface area contributed by atoms with Gasteiger partial charge in [0, 0.05) is 16.7 Å². The number of ether oxygens (including phenoxy) is 1. The third kappa shape index (κ3) is 4.10. The third-order valence-corrected chi connectivity index (χ3v) is 2.81. The molecule has 0 N–H and O–H groups in total. The Labute approximate surface area is 121 Å². The van der Waals surface area contributed by atoms with Crippen molar-refractivity contribution in [1.29, 1.82) is 0 Å². The normalized spacial score (nSPS) is 10.7. The number of nitrogens with zero attached hydrogens (tertiary/aromatic N) is 1. The fraction of sp³-hybridized carbons (Fsp3) is 0.0667. The van der Waals surface area contributed by atoms with Crippen LogP contribution in [0.15, 0.2) is 54.7 Å². The van der Waals surface area contributed by atoms with Gasteiger partial charge in [0.05, 0.1) is 4.92 Å². The minimum absolute atomic E-state index is 0.351. The van der Waals surface area contributed by atoms with Crippen molar-refractivity contribution in [3.05, 3.63) is 81.0 Å². The molecule has 2 rings (SSSR count). The summed E-state index contributed by atoms with van der Waals surface area (Å²) in [5.74, 6) is 0.588. The van der Waals surface area contributed by atoms with Gasteiger partial charge in [-0.1, -0.05) is 41.9 Å². The molecule has 0 spiro atoms. The van der Waals surface area contributed by atoms with Crippen molar-refractivity contribution >= 4 is 17.7 Å². The molecular formula is C15H12ClNO3. The average molecular weight is 290 g/mol. The topological polar surface area (TPSA) is 52.4 Å². The summed E-state index contributed by atoms with van der Waals surface area (Å²) in [7, 11) is 0. The van der Waals surface area contributed by atoms with Gasteiger partial charge in [-0.05, 0) is 23.8 Å². The largest absolute Gasteiger partial charge is 0.488 e. The second-order valence-corrected chi connectivity index (χ2v) is 4.49. The van der Waals surface area contributed by atoms with Crippen LogP contribution in [0.3, 0.4) is 0 Å². The van der Waals surface area contributed by atoms with Gasteiger partial charge in [-0.2, -0.15) is 0 Å². The van der Waals surface area contributed by atoms with Crippen molar-refractivity contribution in [3.8, 4) is 5.75 Å². The molecule has 2 aromatic carbocycles. The highest BCUT2D eigenvalue weighted by molar-refractivity contribution is 6.30. The molecule has 0 aliphatic carbocycles. The number of rotatable bonds is 5.